The van der Waals surface area contributed by atoms with E-state index in [2.05, 4.69) is 15.5 Å². The lowest BCUT2D eigenvalue weighted by molar-refractivity contribution is -0.170. The maximum absolute atomic E-state index is 14.3. The number of halogens is 1. The molecule has 2 heterocycles. The van der Waals surface area contributed by atoms with Crippen LogP contribution in [-0.2, 0) is 37.0 Å². The van der Waals surface area contributed by atoms with Crippen LogP contribution in [0, 0.1) is 5.82 Å². The summed E-state index contributed by atoms with van der Waals surface area (Å²) in [5.41, 5.74) is -0.307. The van der Waals surface area contributed by atoms with E-state index in [1.54, 1.807) is 24.3 Å². The average Bonchev–Trinajstić information content (AvgIpc) is 2.94. The van der Waals surface area contributed by atoms with Crippen molar-refractivity contribution in [2.24, 2.45) is 0 Å². The molecule has 0 radical (unpaired) electrons. The first-order valence-corrected chi connectivity index (χ1v) is 13.7. The number of nitrogens with one attached hydrogen (secondary N) is 2. The summed E-state index contributed by atoms with van der Waals surface area (Å²) in [5.74, 6) is -5.10. The van der Waals surface area contributed by atoms with Crippen LogP contribution in [0.1, 0.15) is 48.4 Å². The number of hydrogen-bond acceptors (Lipinski definition) is 9. The van der Waals surface area contributed by atoms with Gasteiger partial charge in [-0.05, 0) is 30.2 Å². The normalized spacial score (nSPS) is 19.1. The highest BCUT2D eigenvalue weighted by Crippen LogP contribution is 2.27. The zero-order chi connectivity index (χ0) is 31.6. The van der Waals surface area contributed by atoms with Gasteiger partial charge >= 0.3 is 17.9 Å². The zero-order valence-electron chi connectivity index (χ0n) is 23.4. The molecule has 0 unspecified atom stereocenters. The fraction of sp³-hybridized carbons (Fsp3) is 0.448. The number of aromatic hydroxyl groups is 1. The van der Waals surface area contributed by atoms with E-state index in [9.17, 15) is 28.7 Å². The molecule has 0 saturated carbocycles. The first-order valence-electron chi connectivity index (χ1n) is 13.7. The van der Waals surface area contributed by atoms with Crippen LogP contribution in [0.4, 0.5) is 4.39 Å². The van der Waals surface area contributed by atoms with Crippen LogP contribution < -0.4 is 10.6 Å². The van der Waals surface area contributed by atoms with Crippen LogP contribution in [0.2, 0.25) is 0 Å². The summed E-state index contributed by atoms with van der Waals surface area (Å²) in [6.07, 6.45) is -1.23. The van der Waals surface area contributed by atoms with E-state index in [1.807, 2.05) is 12.1 Å². The summed E-state index contributed by atoms with van der Waals surface area (Å²) in [6.45, 7) is 4.39. The highest BCUT2D eigenvalue weighted by atomic mass is 19.1. The van der Waals surface area contributed by atoms with E-state index in [1.165, 1.54) is 6.07 Å². The number of benzene rings is 2. The van der Waals surface area contributed by atoms with Crippen molar-refractivity contribution in [3.8, 4) is 5.75 Å². The Morgan fingerprint density at radius 3 is 2.30 bits per heavy atom. The molecule has 0 spiro atoms. The molecule has 0 bridgehead atoms. The minimum absolute atomic E-state index is 0.0567. The van der Waals surface area contributed by atoms with Gasteiger partial charge in [-0.25, -0.2) is 9.18 Å². The first-order chi connectivity index (χ1) is 20.4. The number of phenolic OH excluding ortho intramolecular Hbond substituents is 1. The molecule has 234 valence electrons. The molecule has 2 fully saturated rings. The lowest BCUT2D eigenvalue weighted by Gasteiger charge is -2.33. The van der Waals surface area contributed by atoms with E-state index in [0.717, 1.165) is 24.2 Å². The molecule has 2 aliphatic heterocycles. The number of carbonyl (C=O) groups excluding carboxylic acids is 1. The second-order valence-corrected chi connectivity index (χ2v) is 10.4. The summed E-state index contributed by atoms with van der Waals surface area (Å²) in [5, 5.41) is 50.5. The number of aliphatic carboxylic acids is 3. The molecule has 0 aromatic heterocycles. The molecule has 14 heteroatoms. The number of carbonyl (C=O) groups is 4. The van der Waals surface area contributed by atoms with Crippen molar-refractivity contribution >= 4 is 23.8 Å². The fourth-order valence-electron chi connectivity index (χ4n) is 4.88. The van der Waals surface area contributed by atoms with Crippen LogP contribution in [-0.4, -0.2) is 92.2 Å². The lowest BCUT2D eigenvalue weighted by Crippen LogP contribution is -2.48. The summed E-state index contributed by atoms with van der Waals surface area (Å²) < 4.78 is 19.7. The SMILES string of the molecule is O=C(O)CC(O)(CC(=O)O)C(=O)O.O=C1CC[C@@H](NCc2ccc(O)c(CN3CCOCC3)c2)[C@H](c2ccccc2F)N1. The molecule has 2 aromatic carbocycles. The van der Waals surface area contributed by atoms with Crippen molar-refractivity contribution in [3.63, 3.8) is 0 Å². The number of carboxylic acids is 3. The number of nitrogens with zero attached hydrogens (tertiary/aromatic N) is 1. The second-order valence-electron chi connectivity index (χ2n) is 10.4. The second kappa shape index (κ2) is 15.4. The third-order valence-corrected chi connectivity index (χ3v) is 7.14. The monoisotopic (exact) mass is 605 g/mol. The zero-order valence-corrected chi connectivity index (χ0v) is 23.4. The van der Waals surface area contributed by atoms with Gasteiger partial charge in [-0.1, -0.05) is 24.3 Å². The Balaban J connectivity index is 0.000000331. The van der Waals surface area contributed by atoms with Gasteiger partial charge in [0.15, 0.2) is 5.60 Å². The van der Waals surface area contributed by atoms with Gasteiger partial charge in [0.2, 0.25) is 5.91 Å². The molecular weight excluding hydrogens is 569 g/mol. The average molecular weight is 606 g/mol. The molecule has 1 amide bonds. The summed E-state index contributed by atoms with van der Waals surface area (Å²) in [4.78, 5) is 44.7. The number of morpholine rings is 1. The minimum Gasteiger partial charge on any atom is -0.508 e. The van der Waals surface area contributed by atoms with Crippen LogP contribution >= 0.6 is 0 Å². The van der Waals surface area contributed by atoms with Gasteiger partial charge in [0.1, 0.15) is 11.6 Å². The molecule has 0 aliphatic carbocycles. The molecule has 2 aromatic rings. The number of hydrogen-bond donors (Lipinski definition) is 7. The van der Waals surface area contributed by atoms with Gasteiger partial charge in [-0.15, -0.1) is 0 Å². The van der Waals surface area contributed by atoms with E-state index in [4.69, 9.17) is 25.2 Å². The van der Waals surface area contributed by atoms with E-state index < -0.39 is 42.4 Å². The summed E-state index contributed by atoms with van der Waals surface area (Å²) in [6, 6.07) is 11.7. The van der Waals surface area contributed by atoms with Crippen molar-refractivity contribution in [2.45, 2.75) is 56.5 Å². The van der Waals surface area contributed by atoms with Crippen molar-refractivity contribution in [3.05, 3.63) is 65.0 Å². The summed E-state index contributed by atoms with van der Waals surface area (Å²) >= 11 is 0. The van der Waals surface area contributed by atoms with Gasteiger partial charge in [0, 0.05) is 49.8 Å². The number of phenols is 1. The van der Waals surface area contributed by atoms with Crippen LogP contribution in [0.3, 0.4) is 0 Å². The Hall–Kier alpha value is -4.11. The smallest absolute Gasteiger partial charge is 0.336 e. The highest BCUT2D eigenvalue weighted by Gasteiger charge is 2.40. The largest absolute Gasteiger partial charge is 0.508 e. The Morgan fingerprint density at radius 2 is 1.70 bits per heavy atom. The Kier molecular flexibility index (Phi) is 11.9. The van der Waals surface area contributed by atoms with E-state index >= 15 is 0 Å². The third kappa shape index (κ3) is 9.99. The van der Waals surface area contributed by atoms with Crippen LogP contribution in [0.15, 0.2) is 42.5 Å². The van der Waals surface area contributed by atoms with Crippen LogP contribution in [0.5, 0.6) is 5.75 Å². The van der Waals surface area contributed by atoms with Crippen LogP contribution in [0.25, 0.3) is 0 Å². The molecule has 7 N–H and O–H groups in total. The molecule has 2 atom stereocenters. The van der Waals surface area contributed by atoms with E-state index in [0.29, 0.717) is 50.5 Å². The predicted octanol–water partition coefficient (Wildman–Crippen LogP) is 1.22. The molecule has 2 aliphatic rings. The maximum Gasteiger partial charge on any atom is 0.336 e. The Labute approximate surface area is 246 Å². The molecule has 43 heavy (non-hydrogen) atoms. The third-order valence-electron chi connectivity index (χ3n) is 7.14. The van der Waals surface area contributed by atoms with Gasteiger partial charge < -0.3 is 40.9 Å². The van der Waals surface area contributed by atoms with Gasteiger partial charge in [0.25, 0.3) is 0 Å². The Morgan fingerprint density at radius 1 is 1.05 bits per heavy atom. The van der Waals surface area contributed by atoms with Crippen molar-refractivity contribution in [1.82, 2.24) is 15.5 Å². The number of piperidine rings is 1. The molecular formula is C29H36FN3O10. The van der Waals surface area contributed by atoms with E-state index in [-0.39, 0.29) is 17.8 Å². The predicted molar refractivity (Wildman–Crippen MR) is 148 cm³/mol. The quantitative estimate of drug-likeness (QED) is 0.193. The highest BCUT2D eigenvalue weighted by molar-refractivity contribution is 5.88. The topological polar surface area (TPSA) is 206 Å². The number of ether oxygens (including phenoxy) is 1. The maximum atomic E-state index is 14.3. The van der Waals surface area contributed by atoms with Gasteiger partial charge in [-0.2, -0.15) is 0 Å². The van der Waals surface area contributed by atoms with Gasteiger partial charge in [-0.3, -0.25) is 19.3 Å². The van der Waals surface area contributed by atoms with Crippen molar-refractivity contribution in [2.75, 3.05) is 26.3 Å². The summed E-state index contributed by atoms with van der Waals surface area (Å²) in [7, 11) is 0. The lowest BCUT2D eigenvalue weighted by atomic mass is 9.91. The Bertz CT molecular complexity index is 1290. The van der Waals surface area contributed by atoms with Crippen molar-refractivity contribution in [1.29, 1.82) is 0 Å². The standard InChI is InChI=1S/C23H28FN3O3.C6H8O7/c24-19-4-2-1-3-18(19)23-20(6-8-22(29)26-23)25-14-16-5-7-21(28)17(13-16)15-27-9-11-30-12-10-27;7-3(8)1-6(13,5(11)12)2-4(9)10/h1-5,7,13,20,23,25,28H,6,8-12,14-15H2,(H,26,29);13H,1-2H2,(H,7,8)(H,9,10)(H,11,12)/t20-,23+;/m1./s1. The number of aliphatic hydroxyl groups is 1. The fourth-order valence-corrected chi connectivity index (χ4v) is 4.88. The number of carboxylic acid groups (broad SMARTS) is 3. The molecule has 2 saturated heterocycles. The molecule has 13 nitrogen and oxygen atoms in total. The molecule has 4 rings (SSSR count). The van der Waals surface area contributed by atoms with Crippen molar-refractivity contribution < 1.29 is 53.8 Å². The number of amides is 1. The first kappa shape index (κ1) is 33.4. The minimum atomic E-state index is -2.74. The number of rotatable bonds is 11. The van der Waals surface area contributed by atoms with Gasteiger partial charge in [0.05, 0.1) is 32.1 Å².